The first kappa shape index (κ1) is 20.4. The van der Waals surface area contributed by atoms with Gasteiger partial charge in [0.25, 0.3) is 0 Å². The topological polar surface area (TPSA) is 81.1 Å². The van der Waals surface area contributed by atoms with Gasteiger partial charge < -0.3 is 9.47 Å². The Morgan fingerprint density at radius 1 is 1.07 bits per heavy atom. The van der Waals surface area contributed by atoms with Gasteiger partial charge in [-0.15, -0.1) is 0 Å². The van der Waals surface area contributed by atoms with Gasteiger partial charge in [-0.3, -0.25) is 0 Å². The Labute approximate surface area is 179 Å². The average molecular weight is 446 g/mol. The molecule has 0 saturated heterocycles. The van der Waals surface area contributed by atoms with E-state index >= 15 is 0 Å². The molecule has 0 saturated carbocycles. The zero-order valence-corrected chi connectivity index (χ0v) is 18.2. The highest BCUT2D eigenvalue weighted by atomic mass is 35.5. The van der Waals surface area contributed by atoms with Crippen LogP contribution < -0.4 is 9.47 Å². The number of rotatable bonds is 5. The summed E-state index contributed by atoms with van der Waals surface area (Å²) in [6.07, 6.45) is 1.46. The molecule has 7 nitrogen and oxygen atoms in total. The van der Waals surface area contributed by atoms with Crippen LogP contribution in [0.25, 0.3) is 10.9 Å². The highest BCUT2D eigenvalue weighted by molar-refractivity contribution is 7.88. The Morgan fingerprint density at radius 2 is 1.77 bits per heavy atom. The number of fused-ring (bicyclic) bond motifs is 1. The smallest absolute Gasteiger partial charge is 0.247 e. The van der Waals surface area contributed by atoms with Gasteiger partial charge in [-0.2, -0.15) is 9.52 Å². The number of halogens is 1. The van der Waals surface area contributed by atoms with E-state index in [4.69, 9.17) is 21.1 Å². The van der Waals surface area contributed by atoms with E-state index in [1.165, 1.54) is 0 Å². The third kappa shape index (κ3) is 3.57. The molecule has 3 aromatic rings. The summed E-state index contributed by atoms with van der Waals surface area (Å²) < 4.78 is 36.9. The number of methoxy groups -OCH3 is 2. The molecule has 30 heavy (non-hydrogen) atoms. The molecule has 0 bridgehead atoms. The molecular weight excluding hydrogens is 426 g/mol. The number of para-hydroxylation sites is 2. The lowest BCUT2D eigenvalue weighted by atomic mass is 9.98. The number of hydrazone groups is 1. The normalized spacial score (nSPS) is 16.6. The molecule has 0 radical (unpaired) electrons. The Bertz CT molecular complexity index is 1260. The largest absolute Gasteiger partial charge is 0.496 e. The van der Waals surface area contributed by atoms with E-state index in [-0.39, 0.29) is 5.15 Å². The first-order chi connectivity index (χ1) is 14.3. The Morgan fingerprint density at radius 3 is 2.47 bits per heavy atom. The highest BCUT2D eigenvalue weighted by Gasteiger charge is 2.37. The van der Waals surface area contributed by atoms with Crippen molar-refractivity contribution >= 4 is 38.2 Å². The van der Waals surface area contributed by atoms with Crippen molar-refractivity contribution in [2.45, 2.75) is 12.5 Å². The van der Waals surface area contributed by atoms with Gasteiger partial charge in [-0.1, -0.05) is 35.9 Å². The van der Waals surface area contributed by atoms with E-state index in [9.17, 15) is 8.42 Å². The van der Waals surface area contributed by atoms with Gasteiger partial charge in [-0.05, 0) is 24.3 Å². The van der Waals surface area contributed by atoms with Crippen LogP contribution >= 0.6 is 11.6 Å². The van der Waals surface area contributed by atoms with Crippen molar-refractivity contribution in [2.24, 2.45) is 5.10 Å². The van der Waals surface area contributed by atoms with Gasteiger partial charge in [0, 0.05) is 22.9 Å². The van der Waals surface area contributed by atoms with Crippen molar-refractivity contribution in [3.8, 4) is 11.5 Å². The molecule has 1 unspecified atom stereocenters. The van der Waals surface area contributed by atoms with Gasteiger partial charge in [0.1, 0.15) is 22.2 Å². The summed E-state index contributed by atoms with van der Waals surface area (Å²) in [5.41, 5.74) is 2.53. The summed E-state index contributed by atoms with van der Waals surface area (Å²) in [6, 6.07) is 14.1. The van der Waals surface area contributed by atoms with Crippen LogP contribution in [0, 0.1) is 0 Å². The summed E-state index contributed by atoms with van der Waals surface area (Å²) in [6.45, 7) is 0. The van der Waals surface area contributed by atoms with Crippen molar-refractivity contribution in [1.82, 2.24) is 9.40 Å². The van der Waals surface area contributed by atoms with E-state index < -0.39 is 16.1 Å². The molecule has 4 rings (SSSR count). The fourth-order valence-electron chi connectivity index (χ4n) is 3.64. The summed E-state index contributed by atoms with van der Waals surface area (Å²) in [4.78, 5) is 4.48. The predicted octanol–water partition coefficient (Wildman–Crippen LogP) is 4.02. The molecule has 0 aliphatic carbocycles. The van der Waals surface area contributed by atoms with Crippen LogP contribution in [0.5, 0.6) is 11.5 Å². The van der Waals surface area contributed by atoms with Gasteiger partial charge >= 0.3 is 0 Å². The molecule has 1 aromatic heterocycles. The molecule has 0 spiro atoms. The quantitative estimate of drug-likeness (QED) is 0.554. The van der Waals surface area contributed by atoms with Crippen LogP contribution in [0.2, 0.25) is 5.15 Å². The van der Waals surface area contributed by atoms with Gasteiger partial charge in [0.05, 0.1) is 32.2 Å². The highest BCUT2D eigenvalue weighted by Crippen LogP contribution is 2.40. The first-order valence-electron chi connectivity index (χ1n) is 9.17. The number of ether oxygens (including phenoxy) is 2. The lowest BCUT2D eigenvalue weighted by Gasteiger charge is -2.22. The third-order valence-electron chi connectivity index (χ3n) is 5.00. The molecule has 1 aliphatic rings. The maximum absolute atomic E-state index is 12.5. The maximum Gasteiger partial charge on any atom is 0.247 e. The summed E-state index contributed by atoms with van der Waals surface area (Å²) >= 11 is 6.52. The van der Waals surface area contributed by atoms with E-state index in [1.54, 1.807) is 20.3 Å². The molecular formula is C21H20ClN3O4S. The van der Waals surface area contributed by atoms with Crippen LogP contribution in [0.15, 0.2) is 53.6 Å². The molecule has 9 heteroatoms. The van der Waals surface area contributed by atoms with Crippen LogP contribution in [0.3, 0.4) is 0 Å². The molecule has 0 amide bonds. The number of benzene rings is 2. The molecule has 1 aliphatic heterocycles. The van der Waals surface area contributed by atoms with Crippen molar-refractivity contribution in [3.63, 3.8) is 0 Å². The van der Waals surface area contributed by atoms with Crippen LogP contribution in [-0.2, 0) is 10.0 Å². The standard InChI is InChI=1S/C21H20ClN3O4S/c1-28-18-9-5-4-8-14(18)16-12-17(25(24-16)30(3,26)27)15-11-13-7-6-10-19(29-2)20(13)23-21(15)22/h4-11,17H,12H2,1-3H3. The summed E-state index contributed by atoms with van der Waals surface area (Å²) in [5.74, 6) is 1.22. The minimum atomic E-state index is -3.65. The lowest BCUT2D eigenvalue weighted by molar-refractivity contribution is 0.374. The minimum absolute atomic E-state index is 0.210. The number of pyridine rings is 1. The second kappa shape index (κ2) is 7.77. The zero-order valence-electron chi connectivity index (χ0n) is 16.7. The van der Waals surface area contributed by atoms with Crippen molar-refractivity contribution in [2.75, 3.05) is 20.5 Å². The Hall–Kier alpha value is -2.84. The van der Waals surface area contributed by atoms with Crippen LogP contribution in [0.1, 0.15) is 23.6 Å². The molecule has 2 heterocycles. The number of aromatic nitrogens is 1. The molecule has 2 aromatic carbocycles. The number of hydrogen-bond acceptors (Lipinski definition) is 6. The Kier molecular flexibility index (Phi) is 5.29. The molecule has 0 N–H and O–H groups in total. The molecule has 1 atom stereocenters. The minimum Gasteiger partial charge on any atom is -0.496 e. The van der Waals surface area contributed by atoms with Crippen molar-refractivity contribution in [1.29, 1.82) is 0 Å². The zero-order chi connectivity index (χ0) is 21.5. The van der Waals surface area contributed by atoms with Crippen molar-refractivity contribution in [3.05, 3.63) is 64.8 Å². The lowest BCUT2D eigenvalue weighted by Crippen LogP contribution is -2.26. The maximum atomic E-state index is 12.5. The van der Waals surface area contributed by atoms with E-state index in [0.717, 1.165) is 21.6 Å². The number of hydrogen-bond donors (Lipinski definition) is 0. The van der Waals surface area contributed by atoms with Gasteiger partial charge in [0.15, 0.2) is 0 Å². The van der Waals surface area contributed by atoms with E-state index in [2.05, 4.69) is 10.1 Å². The average Bonchev–Trinajstić information content (AvgIpc) is 3.18. The monoisotopic (exact) mass is 445 g/mol. The third-order valence-corrected chi connectivity index (χ3v) is 6.32. The Balaban J connectivity index is 1.83. The van der Waals surface area contributed by atoms with Gasteiger partial charge in [0.2, 0.25) is 10.0 Å². The van der Waals surface area contributed by atoms with Crippen molar-refractivity contribution < 1.29 is 17.9 Å². The summed E-state index contributed by atoms with van der Waals surface area (Å²) in [7, 11) is -0.519. The first-order valence-corrected chi connectivity index (χ1v) is 11.4. The number of sulfonamides is 1. The second-order valence-corrected chi connectivity index (χ2v) is 9.10. The second-order valence-electron chi connectivity index (χ2n) is 6.90. The molecule has 0 fully saturated rings. The fraction of sp³-hybridized carbons (Fsp3) is 0.238. The SMILES string of the molecule is COc1ccccc1C1=NN(S(C)(=O)=O)C(c2cc3cccc(OC)c3nc2Cl)C1. The van der Waals surface area contributed by atoms with Crippen LogP contribution in [0.4, 0.5) is 0 Å². The number of nitrogens with zero attached hydrogens (tertiary/aromatic N) is 3. The molecule has 156 valence electrons. The van der Waals surface area contributed by atoms with E-state index in [1.807, 2.05) is 42.5 Å². The fourth-order valence-corrected chi connectivity index (χ4v) is 4.80. The van der Waals surface area contributed by atoms with Gasteiger partial charge in [-0.25, -0.2) is 13.4 Å². The van der Waals surface area contributed by atoms with E-state index in [0.29, 0.717) is 34.7 Å². The van der Waals surface area contributed by atoms with Crippen LogP contribution in [-0.4, -0.2) is 44.0 Å². The predicted molar refractivity (Wildman–Crippen MR) is 117 cm³/mol. The summed E-state index contributed by atoms with van der Waals surface area (Å²) in [5, 5.41) is 5.43.